The third-order valence-electron chi connectivity index (χ3n) is 4.80. The van der Waals surface area contributed by atoms with Crippen LogP contribution >= 0.6 is 0 Å². The van der Waals surface area contributed by atoms with Crippen molar-refractivity contribution < 1.29 is 19.4 Å². The number of aliphatic hydroxyl groups excluding tert-OH is 1. The molecule has 1 saturated heterocycles. The quantitative estimate of drug-likeness (QED) is 0.788. The Hall–Kier alpha value is -2.63. The zero-order valence-electron chi connectivity index (χ0n) is 15.4. The normalized spacial score (nSPS) is 21.5. The first-order valence-electron chi connectivity index (χ1n) is 9.14. The minimum atomic E-state index is -0.969. The fourth-order valence-corrected chi connectivity index (χ4v) is 3.48. The molecule has 0 spiro atoms. The fourth-order valence-electron chi connectivity index (χ4n) is 3.48. The molecule has 142 valence electrons. The maximum Gasteiger partial charge on any atom is 0.412 e. The highest BCUT2D eigenvalue weighted by Crippen LogP contribution is 2.36. The summed E-state index contributed by atoms with van der Waals surface area (Å²) in [6, 6.07) is 18.9. The van der Waals surface area contributed by atoms with Crippen molar-refractivity contribution in [3.8, 4) is 0 Å². The first-order chi connectivity index (χ1) is 13.2. The standard InChI is InChI=1S/C22H25NO4/c1-3-18(16-11-7-5-8-12-16)20(24)21-23(22(25)26-4-2)19(15-27-21)17-13-9-6-10-14-17/h3,5-14,18-21,24H,1,4,15H2,2H3/t18-,19+,20-,21-/m0/s1. The van der Waals surface area contributed by atoms with Crippen LogP contribution in [0.25, 0.3) is 0 Å². The monoisotopic (exact) mass is 367 g/mol. The summed E-state index contributed by atoms with van der Waals surface area (Å²) in [5, 5.41) is 11.1. The summed E-state index contributed by atoms with van der Waals surface area (Å²) in [6.45, 7) is 6.17. The number of hydrogen-bond donors (Lipinski definition) is 1. The van der Waals surface area contributed by atoms with Crippen molar-refractivity contribution in [3.05, 3.63) is 84.4 Å². The van der Waals surface area contributed by atoms with Crippen LogP contribution in [0.15, 0.2) is 73.3 Å². The lowest BCUT2D eigenvalue weighted by molar-refractivity contribution is -0.0648. The molecule has 5 heteroatoms. The third-order valence-corrected chi connectivity index (χ3v) is 4.80. The summed E-state index contributed by atoms with van der Waals surface area (Å²) in [6.07, 6.45) is -0.605. The summed E-state index contributed by atoms with van der Waals surface area (Å²) in [5.41, 5.74) is 1.85. The second-order valence-corrected chi connectivity index (χ2v) is 6.42. The van der Waals surface area contributed by atoms with Crippen molar-refractivity contribution >= 4 is 6.09 Å². The Morgan fingerprint density at radius 1 is 1.26 bits per heavy atom. The van der Waals surface area contributed by atoms with E-state index in [1.54, 1.807) is 13.0 Å². The van der Waals surface area contributed by atoms with E-state index in [1.807, 2.05) is 60.7 Å². The second-order valence-electron chi connectivity index (χ2n) is 6.42. The highest BCUT2D eigenvalue weighted by atomic mass is 16.6. The molecular formula is C22H25NO4. The second kappa shape index (κ2) is 8.84. The van der Waals surface area contributed by atoms with Crippen molar-refractivity contribution in [1.29, 1.82) is 0 Å². The van der Waals surface area contributed by atoms with Crippen LogP contribution in [0.1, 0.15) is 30.0 Å². The number of amides is 1. The summed E-state index contributed by atoms with van der Waals surface area (Å²) in [5.74, 6) is -0.373. The molecule has 1 heterocycles. The van der Waals surface area contributed by atoms with Gasteiger partial charge in [-0.05, 0) is 18.1 Å². The molecule has 0 bridgehead atoms. The van der Waals surface area contributed by atoms with Crippen molar-refractivity contribution in [2.75, 3.05) is 13.2 Å². The van der Waals surface area contributed by atoms with Crippen LogP contribution in [-0.4, -0.2) is 41.6 Å². The zero-order chi connectivity index (χ0) is 19.2. The van der Waals surface area contributed by atoms with E-state index in [-0.39, 0.29) is 18.6 Å². The average molecular weight is 367 g/mol. The Morgan fingerprint density at radius 2 is 1.89 bits per heavy atom. The predicted octanol–water partition coefficient (Wildman–Crippen LogP) is 3.87. The summed E-state index contributed by atoms with van der Waals surface area (Å²) in [7, 11) is 0. The highest BCUT2D eigenvalue weighted by Gasteiger charge is 2.45. The number of nitrogens with zero attached hydrogens (tertiary/aromatic N) is 1. The van der Waals surface area contributed by atoms with Gasteiger partial charge in [0.05, 0.1) is 19.3 Å². The van der Waals surface area contributed by atoms with Gasteiger partial charge in [0.25, 0.3) is 0 Å². The lowest BCUT2D eigenvalue weighted by Crippen LogP contribution is -2.46. The van der Waals surface area contributed by atoms with Crippen LogP contribution in [0.5, 0.6) is 0 Å². The van der Waals surface area contributed by atoms with Crippen LogP contribution in [-0.2, 0) is 9.47 Å². The number of ether oxygens (including phenoxy) is 2. The van der Waals surface area contributed by atoms with Crippen LogP contribution in [0.3, 0.4) is 0 Å². The molecule has 3 rings (SSSR count). The van der Waals surface area contributed by atoms with Crippen molar-refractivity contribution in [2.45, 2.75) is 31.2 Å². The Labute approximate surface area is 159 Å². The van der Waals surface area contributed by atoms with Gasteiger partial charge in [-0.3, -0.25) is 4.90 Å². The molecule has 0 radical (unpaired) electrons. The van der Waals surface area contributed by atoms with Gasteiger partial charge in [-0.1, -0.05) is 66.7 Å². The molecule has 2 aromatic carbocycles. The van der Waals surface area contributed by atoms with E-state index >= 15 is 0 Å². The molecule has 1 aliphatic rings. The Morgan fingerprint density at radius 3 is 2.48 bits per heavy atom. The van der Waals surface area contributed by atoms with E-state index in [0.717, 1.165) is 11.1 Å². The van der Waals surface area contributed by atoms with Crippen molar-refractivity contribution in [3.63, 3.8) is 0 Å². The number of carbonyl (C=O) groups is 1. The lowest BCUT2D eigenvalue weighted by atomic mass is 9.92. The van der Waals surface area contributed by atoms with E-state index < -0.39 is 18.4 Å². The van der Waals surface area contributed by atoms with Crippen LogP contribution in [0.4, 0.5) is 4.79 Å². The summed E-state index contributed by atoms with van der Waals surface area (Å²) in [4.78, 5) is 14.2. The van der Waals surface area contributed by atoms with E-state index in [2.05, 4.69) is 6.58 Å². The van der Waals surface area contributed by atoms with Gasteiger partial charge in [-0.2, -0.15) is 0 Å². The van der Waals surface area contributed by atoms with Crippen LogP contribution in [0, 0.1) is 0 Å². The van der Waals surface area contributed by atoms with Gasteiger partial charge in [-0.15, -0.1) is 6.58 Å². The number of aliphatic hydroxyl groups is 1. The lowest BCUT2D eigenvalue weighted by Gasteiger charge is -2.33. The average Bonchev–Trinajstić information content (AvgIpc) is 3.15. The van der Waals surface area contributed by atoms with E-state index in [1.165, 1.54) is 4.90 Å². The van der Waals surface area contributed by atoms with Crippen LogP contribution < -0.4 is 0 Å². The molecule has 1 aliphatic heterocycles. The number of benzene rings is 2. The van der Waals surface area contributed by atoms with Gasteiger partial charge < -0.3 is 14.6 Å². The van der Waals surface area contributed by atoms with Gasteiger partial charge >= 0.3 is 6.09 Å². The number of carbonyl (C=O) groups excluding carboxylic acids is 1. The van der Waals surface area contributed by atoms with Crippen molar-refractivity contribution in [1.82, 2.24) is 4.90 Å². The van der Waals surface area contributed by atoms with Gasteiger partial charge in [0.15, 0.2) is 6.23 Å². The molecule has 5 nitrogen and oxygen atoms in total. The number of rotatable bonds is 6. The predicted molar refractivity (Wildman–Crippen MR) is 103 cm³/mol. The zero-order valence-corrected chi connectivity index (χ0v) is 15.4. The van der Waals surface area contributed by atoms with Gasteiger partial charge in [0, 0.05) is 5.92 Å². The molecule has 1 amide bonds. The van der Waals surface area contributed by atoms with E-state index in [4.69, 9.17) is 9.47 Å². The van der Waals surface area contributed by atoms with Crippen molar-refractivity contribution in [2.24, 2.45) is 0 Å². The topological polar surface area (TPSA) is 59.0 Å². The molecule has 2 aromatic rings. The highest BCUT2D eigenvalue weighted by molar-refractivity contribution is 5.69. The maximum atomic E-state index is 12.7. The molecule has 0 aromatic heterocycles. The molecule has 0 unspecified atom stereocenters. The largest absolute Gasteiger partial charge is 0.450 e. The maximum absolute atomic E-state index is 12.7. The first-order valence-corrected chi connectivity index (χ1v) is 9.14. The molecule has 27 heavy (non-hydrogen) atoms. The van der Waals surface area contributed by atoms with Crippen LogP contribution in [0.2, 0.25) is 0 Å². The SMILES string of the molecule is C=C[C@@H](c1ccccc1)[C@H](O)[C@@H]1OC[C@H](c2ccccc2)N1C(=O)OCC. The minimum absolute atomic E-state index is 0.253. The minimum Gasteiger partial charge on any atom is -0.450 e. The third kappa shape index (κ3) is 4.04. The smallest absolute Gasteiger partial charge is 0.412 e. The molecule has 0 aliphatic carbocycles. The summed E-state index contributed by atoms with van der Waals surface area (Å²) >= 11 is 0. The molecule has 1 fully saturated rings. The Balaban J connectivity index is 1.90. The van der Waals surface area contributed by atoms with Gasteiger partial charge in [-0.25, -0.2) is 4.79 Å². The van der Waals surface area contributed by atoms with Gasteiger partial charge in [0.2, 0.25) is 0 Å². The first kappa shape index (κ1) is 19.1. The Kier molecular flexibility index (Phi) is 6.27. The fraction of sp³-hybridized carbons (Fsp3) is 0.318. The summed E-state index contributed by atoms with van der Waals surface area (Å²) < 4.78 is 11.1. The molecular weight excluding hydrogens is 342 g/mol. The Bertz CT molecular complexity index is 749. The molecule has 0 saturated carbocycles. The number of hydrogen-bond acceptors (Lipinski definition) is 4. The molecule has 1 N–H and O–H groups in total. The molecule has 4 atom stereocenters. The van der Waals surface area contributed by atoms with Gasteiger partial charge in [0.1, 0.15) is 6.10 Å². The van der Waals surface area contributed by atoms with E-state index in [9.17, 15) is 9.90 Å². The van der Waals surface area contributed by atoms with E-state index in [0.29, 0.717) is 6.61 Å².